The van der Waals surface area contributed by atoms with E-state index in [9.17, 15) is 0 Å². The normalized spacial score (nSPS) is 10.2. The lowest BCUT2D eigenvalue weighted by atomic mass is 10.2. The minimum absolute atomic E-state index is 0.583. The predicted molar refractivity (Wildman–Crippen MR) is 83.3 cm³/mol. The third-order valence-corrected chi connectivity index (χ3v) is 3.06. The van der Waals surface area contributed by atoms with E-state index in [1.54, 1.807) is 7.11 Å². The van der Waals surface area contributed by atoms with Crippen molar-refractivity contribution in [3.05, 3.63) is 36.2 Å². The van der Waals surface area contributed by atoms with Gasteiger partial charge in [0.15, 0.2) is 0 Å². The molecule has 0 saturated heterocycles. The Hall–Kier alpha value is -2.30. The Morgan fingerprint density at radius 1 is 1.14 bits per heavy atom. The molecule has 5 nitrogen and oxygen atoms in total. The van der Waals surface area contributed by atoms with Crippen LogP contribution in [0.15, 0.2) is 30.6 Å². The van der Waals surface area contributed by atoms with E-state index in [0.717, 1.165) is 36.5 Å². The second-order valence-electron chi connectivity index (χ2n) is 4.57. The lowest BCUT2D eigenvalue weighted by Crippen LogP contribution is -2.07. The van der Waals surface area contributed by atoms with E-state index in [0.29, 0.717) is 11.6 Å². The fourth-order valence-corrected chi connectivity index (χ4v) is 1.97. The van der Waals surface area contributed by atoms with Gasteiger partial charge in [0.25, 0.3) is 0 Å². The van der Waals surface area contributed by atoms with Crippen molar-refractivity contribution in [3.63, 3.8) is 0 Å². The molecule has 112 valence electrons. The van der Waals surface area contributed by atoms with Gasteiger partial charge in [-0.15, -0.1) is 0 Å². The molecule has 0 fully saturated rings. The third kappa shape index (κ3) is 3.84. The molecule has 0 atom stereocenters. The van der Waals surface area contributed by atoms with E-state index in [1.807, 2.05) is 24.3 Å². The monoisotopic (exact) mass is 287 g/mol. The van der Waals surface area contributed by atoms with Crippen LogP contribution in [0.2, 0.25) is 0 Å². The smallest absolute Gasteiger partial charge is 0.227 e. The van der Waals surface area contributed by atoms with E-state index in [1.165, 1.54) is 6.33 Å². The first-order chi connectivity index (χ1) is 10.3. The zero-order valence-corrected chi connectivity index (χ0v) is 12.7. The number of benzene rings is 1. The summed E-state index contributed by atoms with van der Waals surface area (Å²) in [7, 11) is 1.63. The number of nitrogens with one attached hydrogen (secondary N) is 1. The van der Waals surface area contributed by atoms with Crippen molar-refractivity contribution in [3.8, 4) is 17.4 Å². The molecule has 0 bridgehead atoms. The first-order valence-corrected chi connectivity index (χ1v) is 7.18. The molecule has 1 heterocycles. The first-order valence-electron chi connectivity index (χ1n) is 7.18. The molecule has 0 unspecified atom stereocenters. The molecular weight excluding hydrogens is 266 g/mol. The van der Waals surface area contributed by atoms with Gasteiger partial charge in [0.1, 0.15) is 23.6 Å². The molecule has 0 spiro atoms. The van der Waals surface area contributed by atoms with Gasteiger partial charge in [0, 0.05) is 12.6 Å². The van der Waals surface area contributed by atoms with E-state index >= 15 is 0 Å². The second kappa shape index (κ2) is 7.47. The Kier molecular flexibility index (Phi) is 5.37. The molecule has 1 aromatic heterocycles. The lowest BCUT2D eigenvalue weighted by Gasteiger charge is -2.13. The largest absolute Gasteiger partial charge is 0.497 e. The van der Waals surface area contributed by atoms with Crippen LogP contribution in [0.4, 0.5) is 5.82 Å². The van der Waals surface area contributed by atoms with Crippen molar-refractivity contribution < 1.29 is 9.47 Å². The third-order valence-electron chi connectivity index (χ3n) is 3.06. The average Bonchev–Trinajstić information content (AvgIpc) is 2.53. The van der Waals surface area contributed by atoms with E-state index in [4.69, 9.17) is 9.47 Å². The summed E-state index contributed by atoms with van der Waals surface area (Å²) >= 11 is 0. The molecule has 0 radical (unpaired) electrons. The number of methoxy groups -OCH3 is 1. The van der Waals surface area contributed by atoms with Crippen molar-refractivity contribution >= 4 is 5.82 Å². The van der Waals surface area contributed by atoms with Crippen LogP contribution in [-0.2, 0) is 6.42 Å². The summed E-state index contributed by atoms with van der Waals surface area (Å²) in [6.45, 7) is 5.06. The van der Waals surface area contributed by atoms with Gasteiger partial charge < -0.3 is 14.8 Å². The van der Waals surface area contributed by atoms with Crippen molar-refractivity contribution in [2.24, 2.45) is 0 Å². The van der Waals surface area contributed by atoms with Crippen LogP contribution in [0, 0.1) is 0 Å². The summed E-state index contributed by atoms with van der Waals surface area (Å²) < 4.78 is 11.1. The lowest BCUT2D eigenvalue weighted by molar-refractivity contribution is 0.406. The summed E-state index contributed by atoms with van der Waals surface area (Å²) in [5.41, 5.74) is 0.980. The van der Waals surface area contributed by atoms with Crippen molar-refractivity contribution in [1.29, 1.82) is 0 Å². The minimum Gasteiger partial charge on any atom is -0.497 e. The SMILES string of the molecule is CCCNc1ncnc(Oc2cccc(OC)c2)c1CC. The fraction of sp³-hybridized carbons (Fsp3) is 0.375. The summed E-state index contributed by atoms with van der Waals surface area (Å²) in [4.78, 5) is 8.55. The highest BCUT2D eigenvalue weighted by molar-refractivity contribution is 5.50. The van der Waals surface area contributed by atoms with E-state index in [2.05, 4.69) is 29.1 Å². The second-order valence-corrected chi connectivity index (χ2v) is 4.57. The highest BCUT2D eigenvalue weighted by atomic mass is 16.5. The molecule has 2 aromatic rings. The maximum atomic E-state index is 5.89. The van der Waals surface area contributed by atoms with Crippen molar-refractivity contribution in [2.75, 3.05) is 19.0 Å². The quantitative estimate of drug-likeness (QED) is 0.842. The van der Waals surface area contributed by atoms with Gasteiger partial charge in [-0.1, -0.05) is 19.9 Å². The Labute approximate surface area is 125 Å². The van der Waals surface area contributed by atoms with Crippen LogP contribution in [0.5, 0.6) is 17.4 Å². The van der Waals surface area contributed by atoms with Gasteiger partial charge in [-0.2, -0.15) is 0 Å². The van der Waals surface area contributed by atoms with Gasteiger partial charge >= 0.3 is 0 Å². The molecule has 0 aliphatic heterocycles. The van der Waals surface area contributed by atoms with Gasteiger partial charge in [0.2, 0.25) is 5.88 Å². The number of hydrogen-bond acceptors (Lipinski definition) is 5. The molecule has 0 amide bonds. The molecule has 1 aromatic carbocycles. The topological polar surface area (TPSA) is 56.3 Å². The summed E-state index contributed by atoms with van der Waals surface area (Å²) in [6.07, 6.45) is 3.36. The van der Waals surface area contributed by atoms with Crippen LogP contribution in [0.1, 0.15) is 25.8 Å². The Bertz CT molecular complexity index is 587. The van der Waals surface area contributed by atoms with Gasteiger partial charge in [-0.25, -0.2) is 9.97 Å². The molecule has 5 heteroatoms. The molecule has 0 saturated carbocycles. The number of aromatic nitrogens is 2. The Morgan fingerprint density at radius 3 is 2.67 bits per heavy atom. The fourth-order valence-electron chi connectivity index (χ4n) is 1.97. The highest BCUT2D eigenvalue weighted by Gasteiger charge is 2.11. The molecular formula is C16H21N3O2. The molecule has 2 rings (SSSR count). The van der Waals surface area contributed by atoms with Crippen LogP contribution >= 0.6 is 0 Å². The average molecular weight is 287 g/mol. The highest BCUT2D eigenvalue weighted by Crippen LogP contribution is 2.29. The maximum absolute atomic E-state index is 5.89. The van der Waals surface area contributed by atoms with Gasteiger partial charge in [-0.3, -0.25) is 0 Å². The number of ether oxygens (including phenoxy) is 2. The van der Waals surface area contributed by atoms with Gasteiger partial charge in [0.05, 0.1) is 12.7 Å². The Morgan fingerprint density at radius 2 is 1.95 bits per heavy atom. The zero-order valence-electron chi connectivity index (χ0n) is 12.7. The summed E-state index contributed by atoms with van der Waals surface area (Å²) in [5, 5.41) is 3.31. The summed E-state index contributed by atoms with van der Waals surface area (Å²) in [6, 6.07) is 7.48. The van der Waals surface area contributed by atoms with Gasteiger partial charge in [-0.05, 0) is 25.0 Å². The Balaban J connectivity index is 2.26. The number of nitrogens with zero attached hydrogens (tertiary/aromatic N) is 2. The summed E-state index contributed by atoms with van der Waals surface area (Å²) in [5.74, 6) is 2.87. The first kappa shape index (κ1) is 15.1. The number of rotatable bonds is 7. The number of anilines is 1. The van der Waals surface area contributed by atoms with E-state index in [-0.39, 0.29) is 0 Å². The van der Waals surface area contributed by atoms with Crippen LogP contribution in [0.3, 0.4) is 0 Å². The minimum atomic E-state index is 0.583. The van der Waals surface area contributed by atoms with Crippen LogP contribution < -0.4 is 14.8 Å². The molecule has 0 aliphatic rings. The van der Waals surface area contributed by atoms with Crippen molar-refractivity contribution in [1.82, 2.24) is 9.97 Å². The van der Waals surface area contributed by atoms with Crippen LogP contribution in [0.25, 0.3) is 0 Å². The molecule has 1 N–H and O–H groups in total. The predicted octanol–water partition coefficient (Wildman–Crippen LogP) is 3.66. The zero-order chi connectivity index (χ0) is 15.1. The standard InChI is InChI=1S/C16H21N3O2/c1-4-9-17-15-14(5-2)16(19-11-18-15)21-13-8-6-7-12(10-13)20-3/h6-8,10-11H,4-5,9H2,1-3H3,(H,17,18,19). The molecule has 21 heavy (non-hydrogen) atoms. The molecule has 0 aliphatic carbocycles. The van der Waals surface area contributed by atoms with Crippen molar-refractivity contribution in [2.45, 2.75) is 26.7 Å². The van der Waals surface area contributed by atoms with Crippen LogP contribution in [-0.4, -0.2) is 23.6 Å². The van der Waals surface area contributed by atoms with E-state index < -0.39 is 0 Å². The maximum Gasteiger partial charge on any atom is 0.227 e. The number of hydrogen-bond donors (Lipinski definition) is 1.